The highest BCUT2D eigenvalue weighted by atomic mass is 16.5. The fourth-order valence-corrected chi connectivity index (χ4v) is 3.33. The van der Waals surface area contributed by atoms with E-state index in [4.69, 9.17) is 4.74 Å². The Bertz CT molecular complexity index is 358. The number of urea groups is 1. The number of hydrogen-bond donors (Lipinski definition) is 0. The first kappa shape index (κ1) is 13.8. The first-order valence-corrected chi connectivity index (χ1v) is 7.69. The van der Waals surface area contributed by atoms with Crippen LogP contribution in [0, 0.1) is 0 Å². The number of amides is 3. The number of morpholine rings is 1. The number of piperidine rings is 1. The normalized spacial score (nSPS) is 28.1. The minimum Gasteiger partial charge on any atom is -0.379 e. The predicted molar refractivity (Wildman–Crippen MR) is 73.3 cm³/mol. The molecule has 20 heavy (non-hydrogen) atoms. The number of imide groups is 1. The van der Waals surface area contributed by atoms with Gasteiger partial charge in [-0.2, -0.15) is 0 Å². The summed E-state index contributed by atoms with van der Waals surface area (Å²) in [4.78, 5) is 30.1. The molecule has 0 radical (unpaired) electrons. The second kappa shape index (κ2) is 6.10. The minimum absolute atomic E-state index is 0.0247. The molecule has 0 unspecified atom stereocenters. The number of fused-ring (bicyclic) bond motifs is 1. The molecule has 3 rings (SSSR count). The van der Waals surface area contributed by atoms with E-state index in [9.17, 15) is 9.59 Å². The number of hydrogen-bond acceptors (Lipinski definition) is 4. The highest BCUT2D eigenvalue weighted by Gasteiger charge is 2.45. The van der Waals surface area contributed by atoms with Crippen LogP contribution in [0.2, 0.25) is 0 Å². The molecule has 0 bridgehead atoms. The van der Waals surface area contributed by atoms with Crippen molar-refractivity contribution in [3.8, 4) is 0 Å². The lowest BCUT2D eigenvalue weighted by Gasteiger charge is -2.27. The topological polar surface area (TPSA) is 53.1 Å². The fourth-order valence-electron chi connectivity index (χ4n) is 3.33. The summed E-state index contributed by atoms with van der Waals surface area (Å²) >= 11 is 0. The van der Waals surface area contributed by atoms with Crippen LogP contribution in [0.25, 0.3) is 0 Å². The molecular weight excluding hydrogens is 258 g/mol. The van der Waals surface area contributed by atoms with Gasteiger partial charge in [0.1, 0.15) is 6.04 Å². The van der Waals surface area contributed by atoms with Crippen LogP contribution in [0.5, 0.6) is 0 Å². The SMILES string of the molecule is O=C1[C@@H]2CCCCN2C(=O)N1CCCN1CCOCC1. The smallest absolute Gasteiger partial charge is 0.327 e. The maximum atomic E-state index is 12.3. The summed E-state index contributed by atoms with van der Waals surface area (Å²) < 4.78 is 5.31. The Morgan fingerprint density at radius 2 is 1.85 bits per heavy atom. The Hall–Kier alpha value is -1.14. The molecule has 3 aliphatic rings. The summed E-state index contributed by atoms with van der Waals surface area (Å²) in [5, 5.41) is 0. The van der Waals surface area contributed by atoms with Gasteiger partial charge < -0.3 is 9.64 Å². The zero-order valence-corrected chi connectivity index (χ0v) is 11.9. The highest BCUT2D eigenvalue weighted by molar-refractivity contribution is 6.04. The van der Waals surface area contributed by atoms with Gasteiger partial charge in [-0.15, -0.1) is 0 Å². The maximum absolute atomic E-state index is 12.3. The molecule has 6 nitrogen and oxygen atoms in total. The second-order valence-electron chi connectivity index (χ2n) is 5.78. The standard InChI is InChI=1S/C14H23N3O3/c18-13-12-4-1-2-6-16(12)14(19)17(13)7-3-5-15-8-10-20-11-9-15/h12H,1-11H2/t12-/m0/s1. The fraction of sp³-hybridized carbons (Fsp3) is 0.857. The van der Waals surface area contributed by atoms with Crippen LogP contribution in [0.4, 0.5) is 4.79 Å². The molecule has 1 atom stereocenters. The molecule has 0 aliphatic carbocycles. The van der Waals surface area contributed by atoms with E-state index in [0.29, 0.717) is 6.54 Å². The van der Waals surface area contributed by atoms with Crippen LogP contribution in [0.15, 0.2) is 0 Å². The zero-order chi connectivity index (χ0) is 13.9. The Morgan fingerprint density at radius 3 is 2.60 bits per heavy atom. The third-order valence-corrected chi connectivity index (χ3v) is 4.49. The molecule has 0 spiro atoms. The van der Waals surface area contributed by atoms with Crippen LogP contribution in [0.1, 0.15) is 25.7 Å². The molecule has 3 heterocycles. The number of ether oxygens (including phenoxy) is 1. The van der Waals surface area contributed by atoms with Crippen LogP contribution in [0.3, 0.4) is 0 Å². The van der Waals surface area contributed by atoms with E-state index in [0.717, 1.165) is 65.1 Å². The van der Waals surface area contributed by atoms with Crippen LogP contribution >= 0.6 is 0 Å². The summed E-state index contributed by atoms with van der Waals surface area (Å²) in [7, 11) is 0. The lowest BCUT2D eigenvalue weighted by atomic mass is 10.0. The number of carbonyl (C=O) groups excluding carboxylic acids is 2. The van der Waals surface area contributed by atoms with Crippen molar-refractivity contribution in [1.82, 2.24) is 14.7 Å². The van der Waals surface area contributed by atoms with Crippen molar-refractivity contribution in [1.29, 1.82) is 0 Å². The molecule has 3 amide bonds. The summed E-state index contributed by atoms with van der Waals surface area (Å²) in [5.74, 6) is 0.0247. The molecule has 3 saturated heterocycles. The molecule has 0 aromatic carbocycles. The zero-order valence-electron chi connectivity index (χ0n) is 11.9. The summed E-state index contributed by atoms with van der Waals surface area (Å²) in [6.07, 6.45) is 3.78. The molecule has 3 fully saturated rings. The first-order chi connectivity index (χ1) is 9.77. The highest BCUT2D eigenvalue weighted by Crippen LogP contribution is 2.26. The Kier molecular flexibility index (Phi) is 4.21. The second-order valence-corrected chi connectivity index (χ2v) is 5.78. The van der Waals surface area contributed by atoms with E-state index in [1.807, 2.05) is 0 Å². The van der Waals surface area contributed by atoms with E-state index in [-0.39, 0.29) is 18.0 Å². The predicted octanol–water partition coefficient (Wildman–Crippen LogP) is 0.525. The van der Waals surface area contributed by atoms with Gasteiger partial charge >= 0.3 is 6.03 Å². The van der Waals surface area contributed by atoms with E-state index < -0.39 is 0 Å². The van der Waals surface area contributed by atoms with E-state index >= 15 is 0 Å². The summed E-state index contributed by atoms with van der Waals surface area (Å²) in [6, 6.07) is -0.235. The molecule has 0 aromatic rings. The largest absolute Gasteiger partial charge is 0.379 e. The molecule has 0 N–H and O–H groups in total. The molecule has 3 aliphatic heterocycles. The van der Waals surface area contributed by atoms with Crippen molar-refractivity contribution in [3.05, 3.63) is 0 Å². The van der Waals surface area contributed by atoms with Crippen LogP contribution in [-0.4, -0.2) is 78.6 Å². The lowest BCUT2D eigenvalue weighted by Crippen LogP contribution is -2.39. The average Bonchev–Trinajstić information content (AvgIpc) is 2.74. The number of nitrogens with zero attached hydrogens (tertiary/aromatic N) is 3. The van der Waals surface area contributed by atoms with Gasteiger partial charge in [-0.05, 0) is 25.7 Å². The lowest BCUT2D eigenvalue weighted by molar-refractivity contribution is -0.128. The van der Waals surface area contributed by atoms with Crippen molar-refractivity contribution in [2.75, 3.05) is 45.9 Å². The van der Waals surface area contributed by atoms with E-state index in [1.165, 1.54) is 4.90 Å². The molecule has 112 valence electrons. The third-order valence-electron chi connectivity index (χ3n) is 4.49. The van der Waals surface area contributed by atoms with Gasteiger partial charge in [0.05, 0.1) is 13.2 Å². The minimum atomic E-state index is -0.167. The van der Waals surface area contributed by atoms with Crippen molar-refractivity contribution >= 4 is 11.9 Å². The average molecular weight is 281 g/mol. The molecular formula is C14H23N3O3. The molecule has 0 saturated carbocycles. The van der Waals surface area contributed by atoms with Crippen molar-refractivity contribution in [2.24, 2.45) is 0 Å². The first-order valence-electron chi connectivity index (χ1n) is 7.69. The van der Waals surface area contributed by atoms with Gasteiger partial charge in [0.2, 0.25) is 0 Å². The Balaban J connectivity index is 1.49. The van der Waals surface area contributed by atoms with Gasteiger partial charge in [0.15, 0.2) is 0 Å². The quantitative estimate of drug-likeness (QED) is 0.705. The summed E-state index contributed by atoms with van der Waals surface area (Å²) in [6.45, 7) is 5.73. The Morgan fingerprint density at radius 1 is 1.05 bits per heavy atom. The summed E-state index contributed by atoms with van der Waals surface area (Å²) in [5.41, 5.74) is 0. The molecule has 0 aromatic heterocycles. The number of carbonyl (C=O) groups is 2. The van der Waals surface area contributed by atoms with Gasteiger partial charge in [0, 0.05) is 32.7 Å². The van der Waals surface area contributed by atoms with Crippen LogP contribution in [-0.2, 0) is 9.53 Å². The van der Waals surface area contributed by atoms with Gasteiger partial charge in [0.25, 0.3) is 5.91 Å². The van der Waals surface area contributed by atoms with E-state index in [2.05, 4.69) is 4.90 Å². The van der Waals surface area contributed by atoms with Gasteiger partial charge in [-0.3, -0.25) is 14.6 Å². The van der Waals surface area contributed by atoms with Crippen molar-refractivity contribution < 1.29 is 14.3 Å². The van der Waals surface area contributed by atoms with Gasteiger partial charge in [-0.1, -0.05) is 0 Å². The Labute approximate surface area is 119 Å². The van der Waals surface area contributed by atoms with E-state index in [1.54, 1.807) is 4.90 Å². The third kappa shape index (κ3) is 2.67. The van der Waals surface area contributed by atoms with Gasteiger partial charge in [-0.25, -0.2) is 4.79 Å². The number of rotatable bonds is 4. The van der Waals surface area contributed by atoms with Crippen molar-refractivity contribution in [2.45, 2.75) is 31.7 Å². The van der Waals surface area contributed by atoms with Crippen molar-refractivity contribution in [3.63, 3.8) is 0 Å². The maximum Gasteiger partial charge on any atom is 0.327 e. The van der Waals surface area contributed by atoms with Crippen LogP contribution < -0.4 is 0 Å². The molecule has 6 heteroatoms. The monoisotopic (exact) mass is 281 g/mol.